The van der Waals surface area contributed by atoms with Gasteiger partial charge in [0.05, 0.1) is 16.7 Å². The van der Waals surface area contributed by atoms with E-state index in [0.29, 0.717) is 17.0 Å². The van der Waals surface area contributed by atoms with Crippen LogP contribution in [0.1, 0.15) is 32.4 Å². The molecule has 5 nitrogen and oxygen atoms in total. The second kappa shape index (κ2) is 4.86. The first-order valence-electron chi connectivity index (χ1n) is 6.53. The third-order valence-electron chi connectivity index (χ3n) is 3.95. The van der Waals surface area contributed by atoms with Crippen LogP contribution in [0.25, 0.3) is 0 Å². The number of benzene rings is 1. The van der Waals surface area contributed by atoms with Crippen LogP contribution in [0.3, 0.4) is 0 Å². The Hall–Kier alpha value is -1.40. The van der Waals surface area contributed by atoms with Gasteiger partial charge in [0.1, 0.15) is 5.54 Å². The molecule has 0 radical (unpaired) electrons. The molecule has 110 valence electrons. The Morgan fingerprint density at radius 2 is 2.00 bits per heavy atom. The molecule has 0 amide bonds. The van der Waals surface area contributed by atoms with Gasteiger partial charge >= 0.3 is 5.97 Å². The summed E-state index contributed by atoms with van der Waals surface area (Å²) in [7, 11) is -3.33. The van der Waals surface area contributed by atoms with Crippen LogP contribution >= 0.6 is 0 Å². The molecule has 1 aliphatic rings. The molecule has 0 aromatic heterocycles. The summed E-state index contributed by atoms with van der Waals surface area (Å²) in [4.78, 5) is 13.5. The molecule has 0 saturated heterocycles. The van der Waals surface area contributed by atoms with Gasteiger partial charge in [0, 0.05) is 0 Å². The summed E-state index contributed by atoms with van der Waals surface area (Å²) in [5.74, 6) is -1.02. The number of likely N-dealkylation sites (N-methyl/N-ethyl adjacent to an activating group) is 1. The Morgan fingerprint density at radius 1 is 1.40 bits per heavy atom. The number of carbonyl (C=O) groups is 1. The highest BCUT2D eigenvalue weighted by Gasteiger charge is 2.44. The van der Waals surface area contributed by atoms with Crippen molar-refractivity contribution < 1.29 is 18.3 Å². The van der Waals surface area contributed by atoms with Crippen LogP contribution in [-0.2, 0) is 14.6 Å². The Labute approximate surface area is 119 Å². The third-order valence-corrected chi connectivity index (χ3v) is 5.75. The van der Waals surface area contributed by atoms with E-state index in [2.05, 4.69) is 0 Å². The van der Waals surface area contributed by atoms with Crippen molar-refractivity contribution in [3.8, 4) is 0 Å². The Bertz CT molecular complexity index is 636. The van der Waals surface area contributed by atoms with Crippen LogP contribution in [0.2, 0.25) is 0 Å². The van der Waals surface area contributed by atoms with Crippen molar-refractivity contribution in [2.75, 3.05) is 12.3 Å². The maximum Gasteiger partial charge on any atom is 0.323 e. The van der Waals surface area contributed by atoms with Crippen molar-refractivity contribution in [3.05, 3.63) is 29.8 Å². The standard InChI is InChI=1S/C14H19NO4S/c1-4-15(14(2,3)13(16)17)11-9-20(18,19)12-8-6-5-7-10(11)12/h5-8,11H,4,9H2,1-3H3,(H,16,17). The highest BCUT2D eigenvalue weighted by Crippen LogP contribution is 2.39. The Kier molecular flexibility index (Phi) is 3.64. The fourth-order valence-electron chi connectivity index (χ4n) is 2.81. The van der Waals surface area contributed by atoms with Gasteiger partial charge in [-0.1, -0.05) is 25.1 Å². The molecule has 1 aromatic carbocycles. The van der Waals surface area contributed by atoms with E-state index in [0.717, 1.165) is 0 Å². The van der Waals surface area contributed by atoms with Crippen molar-refractivity contribution in [1.82, 2.24) is 4.90 Å². The molecule has 1 N–H and O–H groups in total. The van der Waals surface area contributed by atoms with E-state index < -0.39 is 27.4 Å². The Morgan fingerprint density at radius 3 is 2.55 bits per heavy atom. The smallest absolute Gasteiger partial charge is 0.323 e. The van der Waals surface area contributed by atoms with Gasteiger partial charge in [-0.25, -0.2) is 8.42 Å². The molecule has 1 atom stereocenters. The number of rotatable bonds is 4. The lowest BCUT2D eigenvalue weighted by molar-refractivity contribution is -0.150. The predicted octanol–water partition coefficient (Wildman–Crippen LogP) is 1.70. The molecule has 6 heteroatoms. The van der Waals surface area contributed by atoms with E-state index in [1.165, 1.54) is 0 Å². The van der Waals surface area contributed by atoms with Crippen LogP contribution in [0.5, 0.6) is 0 Å². The average Bonchev–Trinajstić information content (AvgIpc) is 2.63. The molecule has 0 spiro atoms. The summed E-state index contributed by atoms with van der Waals surface area (Å²) in [5, 5.41) is 9.39. The molecule has 0 aliphatic carbocycles. The quantitative estimate of drug-likeness (QED) is 0.915. The summed E-state index contributed by atoms with van der Waals surface area (Å²) in [6.07, 6.45) is 0. The molecule has 20 heavy (non-hydrogen) atoms. The van der Waals surface area contributed by atoms with E-state index in [4.69, 9.17) is 0 Å². The van der Waals surface area contributed by atoms with Crippen LogP contribution in [0.4, 0.5) is 0 Å². The number of aliphatic carboxylic acids is 1. The van der Waals surface area contributed by atoms with Crippen molar-refractivity contribution in [2.45, 2.75) is 37.2 Å². The van der Waals surface area contributed by atoms with Crippen LogP contribution in [0.15, 0.2) is 29.2 Å². The number of fused-ring (bicyclic) bond motifs is 1. The van der Waals surface area contributed by atoms with Crippen LogP contribution < -0.4 is 0 Å². The van der Waals surface area contributed by atoms with E-state index in [-0.39, 0.29) is 5.75 Å². The van der Waals surface area contributed by atoms with Gasteiger partial charge in [0.2, 0.25) is 0 Å². The molecule has 0 bridgehead atoms. The number of sulfone groups is 1. The maximum atomic E-state index is 12.2. The average molecular weight is 297 g/mol. The fraction of sp³-hybridized carbons (Fsp3) is 0.500. The lowest BCUT2D eigenvalue weighted by Crippen LogP contribution is -2.52. The van der Waals surface area contributed by atoms with E-state index in [1.54, 1.807) is 43.0 Å². The van der Waals surface area contributed by atoms with Gasteiger partial charge in [0.15, 0.2) is 9.84 Å². The second-order valence-corrected chi connectivity index (χ2v) is 7.49. The first kappa shape index (κ1) is 15.0. The molecular formula is C14H19NO4S. The molecule has 1 aromatic rings. The molecule has 2 rings (SSSR count). The minimum Gasteiger partial charge on any atom is -0.480 e. The summed E-state index contributed by atoms with van der Waals surface area (Å²) in [6.45, 7) is 5.52. The van der Waals surface area contributed by atoms with Crippen LogP contribution in [0, 0.1) is 0 Å². The van der Waals surface area contributed by atoms with Gasteiger partial charge in [-0.05, 0) is 32.0 Å². The first-order valence-corrected chi connectivity index (χ1v) is 8.19. The normalized spacial score (nSPS) is 20.9. The molecular weight excluding hydrogens is 278 g/mol. The molecule has 1 aliphatic heterocycles. The van der Waals surface area contributed by atoms with Gasteiger partial charge < -0.3 is 5.11 Å². The third kappa shape index (κ3) is 2.23. The SMILES string of the molecule is CCN(C1CS(=O)(=O)c2ccccc21)C(C)(C)C(=O)O. The van der Waals surface area contributed by atoms with E-state index in [9.17, 15) is 18.3 Å². The van der Waals surface area contributed by atoms with Gasteiger partial charge in [-0.2, -0.15) is 0 Å². The van der Waals surface area contributed by atoms with Gasteiger partial charge in [-0.15, -0.1) is 0 Å². The minimum atomic E-state index is -3.33. The highest BCUT2D eigenvalue weighted by atomic mass is 32.2. The van der Waals surface area contributed by atoms with E-state index >= 15 is 0 Å². The number of hydrogen-bond donors (Lipinski definition) is 1. The highest BCUT2D eigenvalue weighted by molar-refractivity contribution is 7.91. The fourth-order valence-corrected chi connectivity index (χ4v) is 4.62. The summed E-state index contributed by atoms with van der Waals surface area (Å²) < 4.78 is 24.4. The van der Waals surface area contributed by atoms with E-state index in [1.807, 2.05) is 6.92 Å². The lowest BCUT2D eigenvalue weighted by atomic mass is 9.97. The largest absolute Gasteiger partial charge is 0.480 e. The molecule has 0 saturated carbocycles. The van der Waals surface area contributed by atoms with Crippen LogP contribution in [-0.4, -0.2) is 42.2 Å². The summed E-state index contributed by atoms with van der Waals surface area (Å²) in [6, 6.07) is 6.43. The number of carboxylic acid groups (broad SMARTS) is 1. The number of nitrogens with zero attached hydrogens (tertiary/aromatic N) is 1. The first-order chi connectivity index (χ1) is 9.21. The Balaban J connectivity index is 2.52. The monoisotopic (exact) mass is 297 g/mol. The summed E-state index contributed by atoms with van der Waals surface area (Å²) in [5.41, 5.74) is -0.421. The lowest BCUT2D eigenvalue weighted by Gasteiger charge is -2.38. The van der Waals surface area contributed by atoms with Crippen molar-refractivity contribution in [1.29, 1.82) is 0 Å². The van der Waals surface area contributed by atoms with Gasteiger partial charge in [-0.3, -0.25) is 9.69 Å². The van der Waals surface area contributed by atoms with Crippen molar-refractivity contribution in [2.24, 2.45) is 0 Å². The van der Waals surface area contributed by atoms with Crippen molar-refractivity contribution >= 4 is 15.8 Å². The minimum absolute atomic E-state index is 0.0586. The zero-order valence-corrected chi connectivity index (χ0v) is 12.6. The van der Waals surface area contributed by atoms with Gasteiger partial charge in [0.25, 0.3) is 0 Å². The summed E-state index contributed by atoms with van der Waals surface area (Å²) >= 11 is 0. The maximum absolute atomic E-state index is 12.2. The zero-order chi connectivity index (χ0) is 15.1. The van der Waals surface area contributed by atoms with Crippen molar-refractivity contribution in [3.63, 3.8) is 0 Å². The number of hydrogen-bond acceptors (Lipinski definition) is 4. The zero-order valence-electron chi connectivity index (χ0n) is 11.8. The molecule has 0 fully saturated rings. The molecule has 1 heterocycles. The molecule has 1 unspecified atom stereocenters. The number of carboxylic acids is 1. The topological polar surface area (TPSA) is 74.7 Å². The second-order valence-electron chi connectivity index (χ2n) is 5.49. The predicted molar refractivity (Wildman–Crippen MR) is 75.3 cm³/mol.